The largest absolute Gasteiger partial charge is 0.331 e. The van der Waals surface area contributed by atoms with Gasteiger partial charge in [0.1, 0.15) is 0 Å². The van der Waals surface area contributed by atoms with Gasteiger partial charge in [0.25, 0.3) is 5.91 Å². The molecule has 0 aromatic heterocycles. The highest BCUT2D eigenvalue weighted by molar-refractivity contribution is 7.80. The van der Waals surface area contributed by atoms with Crippen LogP contribution in [0.3, 0.4) is 0 Å². The molecule has 3 N–H and O–H groups in total. The molecule has 136 valence electrons. The molecule has 0 atom stereocenters. The zero-order chi connectivity index (χ0) is 19.3. The van der Waals surface area contributed by atoms with Crippen LogP contribution >= 0.6 is 12.2 Å². The van der Waals surface area contributed by atoms with E-state index in [4.69, 9.17) is 12.2 Å². The zero-order valence-electron chi connectivity index (χ0n) is 14.1. The van der Waals surface area contributed by atoms with Gasteiger partial charge in [0, 0.05) is 17.3 Å². The highest BCUT2D eigenvalue weighted by Gasteiger charge is 2.17. The van der Waals surface area contributed by atoms with Crippen LogP contribution in [0, 0.1) is 22.9 Å². The molecule has 0 aliphatic carbocycles. The maximum absolute atomic E-state index is 13.3. The molecule has 9 heteroatoms. The fourth-order valence-corrected chi connectivity index (χ4v) is 2.48. The van der Waals surface area contributed by atoms with Crippen molar-refractivity contribution in [3.63, 3.8) is 0 Å². The Morgan fingerprint density at radius 1 is 1.27 bits per heavy atom. The second kappa shape index (κ2) is 8.34. The van der Waals surface area contributed by atoms with Gasteiger partial charge in [-0.3, -0.25) is 25.8 Å². The van der Waals surface area contributed by atoms with Gasteiger partial charge in [-0.15, -0.1) is 0 Å². The number of nitro groups is 1. The summed E-state index contributed by atoms with van der Waals surface area (Å²) < 4.78 is 13.3. The number of carbonyl (C=O) groups is 1. The lowest BCUT2D eigenvalue weighted by atomic mass is 10.1. The number of aryl methyl sites for hydroxylation is 2. The van der Waals surface area contributed by atoms with Crippen molar-refractivity contribution < 1.29 is 14.1 Å². The van der Waals surface area contributed by atoms with Crippen LogP contribution in [0.25, 0.3) is 0 Å². The van der Waals surface area contributed by atoms with E-state index in [2.05, 4.69) is 16.2 Å². The maximum Gasteiger partial charge on any atom is 0.305 e. The van der Waals surface area contributed by atoms with Gasteiger partial charge in [-0.05, 0) is 48.8 Å². The van der Waals surface area contributed by atoms with Crippen LogP contribution in [-0.2, 0) is 6.42 Å². The molecule has 0 aliphatic heterocycles. The molecule has 0 unspecified atom stereocenters. The van der Waals surface area contributed by atoms with E-state index in [-0.39, 0.29) is 10.7 Å². The van der Waals surface area contributed by atoms with Crippen LogP contribution in [-0.4, -0.2) is 15.9 Å². The molecule has 0 saturated carbocycles. The van der Waals surface area contributed by atoms with Crippen LogP contribution < -0.4 is 16.2 Å². The summed E-state index contributed by atoms with van der Waals surface area (Å²) in [5.74, 6) is -1.69. The standard InChI is InChI=1S/C17H17FN4O3S/c1-3-11-6-4-5-10(2)15(11)19-17(26)21-20-16(23)12-7-8-13(18)14(9-12)22(24)25/h4-9H,3H2,1-2H3,(H,20,23)(H2,19,21,26). The summed E-state index contributed by atoms with van der Waals surface area (Å²) in [7, 11) is 0. The van der Waals surface area contributed by atoms with Crippen LogP contribution in [0.4, 0.5) is 15.8 Å². The van der Waals surface area contributed by atoms with Gasteiger partial charge in [0.2, 0.25) is 5.82 Å². The van der Waals surface area contributed by atoms with Gasteiger partial charge in [0.05, 0.1) is 4.92 Å². The first-order valence-electron chi connectivity index (χ1n) is 7.73. The van der Waals surface area contributed by atoms with Gasteiger partial charge in [-0.1, -0.05) is 25.1 Å². The average Bonchev–Trinajstić information content (AvgIpc) is 2.61. The molecule has 26 heavy (non-hydrogen) atoms. The minimum Gasteiger partial charge on any atom is -0.331 e. The monoisotopic (exact) mass is 376 g/mol. The van der Waals surface area contributed by atoms with Gasteiger partial charge in [-0.25, -0.2) is 0 Å². The van der Waals surface area contributed by atoms with Crippen LogP contribution in [0.2, 0.25) is 0 Å². The maximum atomic E-state index is 13.3. The quantitative estimate of drug-likeness (QED) is 0.431. The number of hydrogen-bond acceptors (Lipinski definition) is 4. The van der Waals surface area contributed by atoms with E-state index in [9.17, 15) is 19.3 Å². The highest BCUT2D eigenvalue weighted by Crippen LogP contribution is 2.21. The van der Waals surface area contributed by atoms with Crippen LogP contribution in [0.5, 0.6) is 0 Å². The number of rotatable bonds is 4. The summed E-state index contributed by atoms with van der Waals surface area (Å²) in [5.41, 5.74) is 6.91. The Morgan fingerprint density at radius 3 is 2.65 bits per heavy atom. The Hall–Kier alpha value is -3.07. The van der Waals surface area contributed by atoms with E-state index in [1.165, 1.54) is 0 Å². The van der Waals surface area contributed by atoms with Gasteiger partial charge in [-0.2, -0.15) is 4.39 Å². The number of thiocarbonyl (C=S) groups is 1. The van der Waals surface area contributed by atoms with Crippen LogP contribution in [0.1, 0.15) is 28.4 Å². The number of hydrogen-bond donors (Lipinski definition) is 3. The van der Waals surface area contributed by atoms with E-state index in [1.807, 2.05) is 32.0 Å². The molecule has 1 amide bonds. The topological polar surface area (TPSA) is 96.3 Å². The third-order valence-electron chi connectivity index (χ3n) is 3.67. The second-order valence-electron chi connectivity index (χ2n) is 5.42. The van der Waals surface area contributed by atoms with E-state index in [0.29, 0.717) is 0 Å². The first-order valence-corrected chi connectivity index (χ1v) is 8.14. The van der Waals surface area contributed by atoms with E-state index in [1.54, 1.807) is 0 Å². The molecule has 0 spiro atoms. The number of hydrazine groups is 1. The smallest absolute Gasteiger partial charge is 0.305 e. The molecule has 0 bridgehead atoms. The Bertz CT molecular complexity index is 873. The lowest BCUT2D eigenvalue weighted by molar-refractivity contribution is -0.387. The summed E-state index contributed by atoms with van der Waals surface area (Å²) in [6, 6.07) is 8.71. The summed E-state index contributed by atoms with van der Waals surface area (Å²) in [6.07, 6.45) is 0.804. The number of nitrogens with zero attached hydrogens (tertiary/aromatic N) is 1. The molecule has 0 radical (unpaired) electrons. The number of nitro benzene ring substituents is 1. The van der Waals surface area contributed by atoms with E-state index < -0.39 is 22.3 Å². The van der Waals surface area contributed by atoms with Crippen molar-refractivity contribution in [1.29, 1.82) is 0 Å². The Labute approximate surface area is 154 Å². The average molecular weight is 376 g/mol. The number of carbonyl (C=O) groups excluding carboxylic acids is 1. The van der Waals surface area contributed by atoms with Crippen molar-refractivity contribution in [2.75, 3.05) is 5.32 Å². The summed E-state index contributed by atoms with van der Waals surface area (Å²) in [4.78, 5) is 21.9. The second-order valence-corrected chi connectivity index (χ2v) is 5.83. The fourth-order valence-electron chi connectivity index (χ4n) is 2.33. The molecule has 2 aromatic rings. The zero-order valence-corrected chi connectivity index (χ0v) is 14.9. The Kier molecular flexibility index (Phi) is 6.18. The van der Waals surface area contributed by atoms with Crippen LogP contribution in [0.15, 0.2) is 36.4 Å². The van der Waals surface area contributed by atoms with Crippen molar-refractivity contribution in [2.45, 2.75) is 20.3 Å². The van der Waals surface area contributed by atoms with Crippen molar-refractivity contribution >= 4 is 34.6 Å². The number of benzene rings is 2. The van der Waals surface area contributed by atoms with Crippen molar-refractivity contribution in [2.24, 2.45) is 0 Å². The minimum absolute atomic E-state index is 0.0708. The first-order chi connectivity index (χ1) is 12.3. The molecule has 7 nitrogen and oxygen atoms in total. The SMILES string of the molecule is CCc1cccc(C)c1NC(=S)NNC(=O)c1ccc(F)c([N+](=O)[O-])c1. The summed E-state index contributed by atoms with van der Waals surface area (Å²) >= 11 is 5.15. The van der Waals surface area contributed by atoms with Gasteiger partial charge < -0.3 is 5.32 Å². The first kappa shape index (κ1) is 19.3. The van der Waals surface area contributed by atoms with Gasteiger partial charge >= 0.3 is 5.69 Å². The molecular weight excluding hydrogens is 359 g/mol. The molecule has 0 heterocycles. The van der Waals surface area contributed by atoms with E-state index >= 15 is 0 Å². The Balaban J connectivity index is 2.03. The normalized spacial score (nSPS) is 10.1. The van der Waals surface area contributed by atoms with E-state index in [0.717, 1.165) is 41.4 Å². The number of para-hydroxylation sites is 1. The Morgan fingerprint density at radius 2 is 2.00 bits per heavy atom. The molecule has 2 aromatic carbocycles. The molecular formula is C17H17FN4O3S. The van der Waals surface area contributed by atoms with Crippen molar-refractivity contribution in [1.82, 2.24) is 10.9 Å². The van der Waals surface area contributed by atoms with Gasteiger partial charge in [0.15, 0.2) is 5.11 Å². The third kappa shape index (κ3) is 4.51. The summed E-state index contributed by atoms with van der Waals surface area (Å²) in [5, 5.41) is 13.9. The molecule has 0 aliphatic rings. The summed E-state index contributed by atoms with van der Waals surface area (Å²) in [6.45, 7) is 3.94. The number of anilines is 1. The van der Waals surface area contributed by atoms with Crippen molar-refractivity contribution in [3.8, 4) is 0 Å². The molecule has 0 saturated heterocycles. The number of halogens is 1. The number of amides is 1. The molecule has 2 rings (SSSR count). The fraction of sp³-hybridized carbons (Fsp3) is 0.176. The molecule has 0 fully saturated rings. The predicted octanol–water partition coefficient (Wildman–Crippen LogP) is 3.24. The van der Waals surface area contributed by atoms with Crippen molar-refractivity contribution in [3.05, 3.63) is 69.0 Å². The lowest BCUT2D eigenvalue weighted by Gasteiger charge is -2.16. The predicted molar refractivity (Wildman–Crippen MR) is 100 cm³/mol. The number of nitrogens with one attached hydrogen (secondary N) is 3. The highest BCUT2D eigenvalue weighted by atomic mass is 32.1. The third-order valence-corrected chi connectivity index (χ3v) is 3.88. The lowest BCUT2D eigenvalue weighted by Crippen LogP contribution is -2.44. The minimum atomic E-state index is -1.01.